The van der Waals surface area contributed by atoms with Crippen LogP contribution < -0.4 is 15.8 Å². The molecule has 0 spiro atoms. The number of amides is 1. The maximum absolute atomic E-state index is 12.1. The van der Waals surface area contributed by atoms with Crippen molar-refractivity contribution in [1.29, 1.82) is 0 Å². The molecule has 0 atom stereocenters. The van der Waals surface area contributed by atoms with Gasteiger partial charge in [-0.25, -0.2) is 0 Å². The summed E-state index contributed by atoms with van der Waals surface area (Å²) in [5.74, 6) is 0.568. The van der Waals surface area contributed by atoms with Crippen molar-refractivity contribution in [2.24, 2.45) is 0 Å². The molecule has 0 aliphatic carbocycles. The summed E-state index contributed by atoms with van der Waals surface area (Å²) in [5, 5.41) is 2.81. The molecule has 2 rings (SSSR count). The minimum Gasteiger partial charge on any atom is -0.497 e. The van der Waals surface area contributed by atoms with E-state index in [1.165, 1.54) is 0 Å². The first-order chi connectivity index (χ1) is 9.08. The van der Waals surface area contributed by atoms with E-state index >= 15 is 0 Å². The van der Waals surface area contributed by atoms with Gasteiger partial charge in [0.2, 0.25) is 0 Å². The van der Waals surface area contributed by atoms with Crippen molar-refractivity contribution in [2.45, 2.75) is 6.92 Å². The van der Waals surface area contributed by atoms with Gasteiger partial charge in [0.05, 0.1) is 7.11 Å². The molecule has 0 aliphatic rings. The fourth-order valence-corrected chi connectivity index (χ4v) is 1.82. The average Bonchev–Trinajstić information content (AvgIpc) is 2.38. The highest BCUT2D eigenvalue weighted by molar-refractivity contribution is 6.04. The molecule has 0 unspecified atom stereocenters. The first-order valence-corrected chi connectivity index (χ1v) is 5.91. The van der Waals surface area contributed by atoms with Crippen LogP contribution in [0.15, 0.2) is 42.5 Å². The number of rotatable bonds is 3. The number of nitrogen functional groups attached to an aromatic ring is 1. The highest BCUT2D eigenvalue weighted by atomic mass is 16.5. The number of nitrogens with two attached hydrogens (primary N) is 1. The van der Waals surface area contributed by atoms with E-state index in [2.05, 4.69) is 5.32 Å². The number of hydrogen-bond donors (Lipinski definition) is 2. The summed E-state index contributed by atoms with van der Waals surface area (Å²) in [5.41, 5.74) is 8.54. The van der Waals surface area contributed by atoms with Gasteiger partial charge in [0.25, 0.3) is 5.91 Å². The van der Waals surface area contributed by atoms with Crippen molar-refractivity contribution in [3.63, 3.8) is 0 Å². The molecule has 0 radical (unpaired) electrons. The van der Waals surface area contributed by atoms with Crippen molar-refractivity contribution >= 4 is 17.3 Å². The monoisotopic (exact) mass is 256 g/mol. The smallest absolute Gasteiger partial charge is 0.255 e. The Balaban J connectivity index is 2.15. The Morgan fingerprint density at radius 2 is 1.84 bits per heavy atom. The molecule has 1 amide bonds. The van der Waals surface area contributed by atoms with Crippen LogP contribution in [0.1, 0.15) is 15.9 Å². The lowest BCUT2D eigenvalue weighted by molar-refractivity contribution is 0.102. The molecule has 0 aromatic heterocycles. The molecule has 0 saturated carbocycles. The molecular weight excluding hydrogens is 240 g/mol. The molecule has 3 N–H and O–H groups in total. The Kier molecular flexibility index (Phi) is 3.71. The Morgan fingerprint density at radius 3 is 2.42 bits per heavy atom. The largest absolute Gasteiger partial charge is 0.497 e. The lowest BCUT2D eigenvalue weighted by Gasteiger charge is -2.07. The summed E-state index contributed by atoms with van der Waals surface area (Å²) < 4.78 is 5.06. The Hall–Kier alpha value is -2.49. The van der Waals surface area contributed by atoms with Gasteiger partial charge >= 0.3 is 0 Å². The van der Waals surface area contributed by atoms with Gasteiger partial charge in [0.1, 0.15) is 5.75 Å². The van der Waals surface area contributed by atoms with Crippen LogP contribution in [-0.2, 0) is 0 Å². The molecule has 0 saturated heterocycles. The number of aryl methyl sites for hydroxylation is 1. The minimum atomic E-state index is -0.180. The van der Waals surface area contributed by atoms with E-state index < -0.39 is 0 Å². The van der Waals surface area contributed by atoms with Gasteiger partial charge in [-0.2, -0.15) is 0 Å². The summed E-state index contributed by atoms with van der Waals surface area (Å²) >= 11 is 0. The number of hydrogen-bond acceptors (Lipinski definition) is 3. The molecule has 0 heterocycles. The third kappa shape index (κ3) is 3.25. The maximum atomic E-state index is 12.1. The minimum absolute atomic E-state index is 0.180. The number of methoxy groups -OCH3 is 1. The van der Waals surface area contributed by atoms with Crippen molar-refractivity contribution in [1.82, 2.24) is 0 Å². The van der Waals surface area contributed by atoms with Crippen LogP contribution in [0.2, 0.25) is 0 Å². The number of nitrogens with one attached hydrogen (secondary N) is 1. The molecule has 0 fully saturated rings. The van der Waals surface area contributed by atoms with E-state index in [1.807, 2.05) is 13.0 Å². The van der Waals surface area contributed by atoms with E-state index in [4.69, 9.17) is 10.5 Å². The van der Waals surface area contributed by atoms with E-state index in [0.29, 0.717) is 16.9 Å². The van der Waals surface area contributed by atoms with Crippen LogP contribution in [0.5, 0.6) is 5.75 Å². The topological polar surface area (TPSA) is 64.3 Å². The van der Waals surface area contributed by atoms with Gasteiger partial charge in [-0.3, -0.25) is 4.79 Å². The summed E-state index contributed by atoms with van der Waals surface area (Å²) in [7, 11) is 1.60. The zero-order valence-corrected chi connectivity index (χ0v) is 10.9. The van der Waals surface area contributed by atoms with Crippen molar-refractivity contribution in [3.8, 4) is 5.75 Å². The van der Waals surface area contributed by atoms with Crippen molar-refractivity contribution in [2.75, 3.05) is 18.2 Å². The van der Waals surface area contributed by atoms with E-state index in [9.17, 15) is 4.79 Å². The number of anilines is 2. The first-order valence-electron chi connectivity index (χ1n) is 5.91. The van der Waals surface area contributed by atoms with Crippen LogP contribution in [0.4, 0.5) is 11.4 Å². The zero-order valence-electron chi connectivity index (χ0n) is 10.9. The van der Waals surface area contributed by atoms with Crippen LogP contribution in [0.25, 0.3) is 0 Å². The van der Waals surface area contributed by atoms with Gasteiger partial charge in [0, 0.05) is 16.9 Å². The summed E-state index contributed by atoms with van der Waals surface area (Å²) in [6.45, 7) is 1.90. The molecule has 19 heavy (non-hydrogen) atoms. The number of carbonyl (C=O) groups excluding carboxylic acids is 1. The van der Waals surface area contributed by atoms with E-state index in [1.54, 1.807) is 43.5 Å². The van der Waals surface area contributed by atoms with Gasteiger partial charge in [-0.1, -0.05) is 0 Å². The van der Waals surface area contributed by atoms with Gasteiger partial charge in [-0.05, 0) is 55.0 Å². The van der Waals surface area contributed by atoms with E-state index in [0.717, 1.165) is 11.3 Å². The lowest BCUT2D eigenvalue weighted by atomic mass is 10.1. The average molecular weight is 256 g/mol. The number of ether oxygens (including phenoxy) is 1. The third-order valence-corrected chi connectivity index (χ3v) is 2.71. The molecule has 2 aromatic rings. The quantitative estimate of drug-likeness (QED) is 0.830. The van der Waals surface area contributed by atoms with Gasteiger partial charge in [0.15, 0.2) is 0 Å². The van der Waals surface area contributed by atoms with Gasteiger partial charge in [-0.15, -0.1) is 0 Å². The SMILES string of the molecule is COc1ccc(NC(=O)c2cc(C)cc(N)c2)cc1. The predicted octanol–water partition coefficient (Wildman–Crippen LogP) is 2.84. The standard InChI is InChI=1S/C15H16N2O2/c1-10-7-11(9-12(16)8-10)15(18)17-13-3-5-14(19-2)6-4-13/h3-9H,16H2,1-2H3,(H,17,18). The lowest BCUT2D eigenvalue weighted by Crippen LogP contribution is -2.12. The molecule has 2 aromatic carbocycles. The highest BCUT2D eigenvalue weighted by Gasteiger charge is 2.07. The van der Waals surface area contributed by atoms with Crippen LogP contribution in [-0.4, -0.2) is 13.0 Å². The first kappa shape index (κ1) is 13.0. The van der Waals surface area contributed by atoms with Gasteiger partial charge < -0.3 is 15.8 Å². The van der Waals surface area contributed by atoms with Crippen molar-refractivity contribution < 1.29 is 9.53 Å². The normalized spacial score (nSPS) is 10.0. The predicted molar refractivity (Wildman–Crippen MR) is 76.5 cm³/mol. The highest BCUT2D eigenvalue weighted by Crippen LogP contribution is 2.17. The fourth-order valence-electron chi connectivity index (χ4n) is 1.82. The molecule has 0 aliphatic heterocycles. The molecule has 4 nitrogen and oxygen atoms in total. The second-order valence-corrected chi connectivity index (χ2v) is 4.31. The fraction of sp³-hybridized carbons (Fsp3) is 0.133. The zero-order chi connectivity index (χ0) is 13.8. The maximum Gasteiger partial charge on any atom is 0.255 e. The molecule has 0 bridgehead atoms. The molecule has 98 valence electrons. The second-order valence-electron chi connectivity index (χ2n) is 4.31. The Bertz CT molecular complexity index is 571. The van der Waals surface area contributed by atoms with Crippen LogP contribution >= 0.6 is 0 Å². The van der Waals surface area contributed by atoms with Crippen LogP contribution in [0, 0.1) is 6.92 Å². The summed E-state index contributed by atoms with van der Waals surface area (Å²) in [6, 6.07) is 12.4. The summed E-state index contributed by atoms with van der Waals surface area (Å²) in [6.07, 6.45) is 0. The Labute approximate surface area is 112 Å². The van der Waals surface area contributed by atoms with Crippen LogP contribution in [0.3, 0.4) is 0 Å². The Morgan fingerprint density at radius 1 is 1.16 bits per heavy atom. The number of carbonyl (C=O) groups is 1. The summed E-state index contributed by atoms with van der Waals surface area (Å²) in [4.78, 5) is 12.1. The molecule has 4 heteroatoms. The number of benzene rings is 2. The van der Waals surface area contributed by atoms with Crippen molar-refractivity contribution in [3.05, 3.63) is 53.6 Å². The molecular formula is C15H16N2O2. The third-order valence-electron chi connectivity index (χ3n) is 2.71. The van der Waals surface area contributed by atoms with E-state index in [-0.39, 0.29) is 5.91 Å². The second kappa shape index (κ2) is 5.44.